The van der Waals surface area contributed by atoms with Gasteiger partial charge in [-0.25, -0.2) is 4.57 Å². The maximum absolute atomic E-state index is 10.9. The smallest absolute Gasteiger partial charge is 0.470 e. The number of hydrogen-bond acceptors (Lipinski definition) is 3. The first-order chi connectivity index (χ1) is 7.33. The fraction of sp³-hybridized carbons (Fsp3) is 0.889. The van der Waals surface area contributed by atoms with Crippen LogP contribution in [0.2, 0.25) is 0 Å². The van der Waals surface area contributed by atoms with Crippen molar-refractivity contribution in [3.63, 3.8) is 0 Å². The summed E-state index contributed by atoms with van der Waals surface area (Å²) in [4.78, 5) is 28.2. The molecule has 0 aromatic rings. The van der Waals surface area contributed by atoms with Gasteiger partial charge in [-0.1, -0.05) is 19.3 Å². The molecule has 0 heterocycles. The van der Waals surface area contributed by atoms with Crippen LogP contribution in [-0.4, -0.2) is 26.5 Å². The van der Waals surface area contributed by atoms with Gasteiger partial charge in [0.1, 0.15) is 0 Å². The summed E-state index contributed by atoms with van der Waals surface area (Å²) in [5, 5.41) is 8.61. The first-order valence-electron chi connectivity index (χ1n) is 5.31. The molecule has 1 rings (SSSR count). The van der Waals surface area contributed by atoms with E-state index in [9.17, 15) is 9.36 Å². The summed E-state index contributed by atoms with van der Waals surface area (Å²) in [5.74, 6) is -0.973. The van der Waals surface area contributed by atoms with Gasteiger partial charge in [0.25, 0.3) is 0 Å². The first kappa shape index (κ1) is 13.6. The molecule has 0 radical (unpaired) electrons. The second-order valence-corrected chi connectivity index (χ2v) is 5.38. The highest BCUT2D eigenvalue weighted by molar-refractivity contribution is 7.46. The zero-order valence-electron chi connectivity index (χ0n) is 8.96. The standard InChI is InChI=1S/C9H17O6P/c10-8(11)4-7-9(15-16(12,13)14)5-2-1-3-6-9/h1-7H2,(H,10,11)(H2,12,13,14). The Morgan fingerprint density at radius 3 is 2.25 bits per heavy atom. The number of phosphoric ester groups is 1. The molecule has 3 N–H and O–H groups in total. The van der Waals surface area contributed by atoms with Crippen molar-refractivity contribution in [2.75, 3.05) is 0 Å². The van der Waals surface area contributed by atoms with Crippen LogP contribution in [0.4, 0.5) is 0 Å². The molecule has 0 aromatic carbocycles. The zero-order valence-corrected chi connectivity index (χ0v) is 9.86. The molecular weight excluding hydrogens is 235 g/mol. The summed E-state index contributed by atoms with van der Waals surface area (Å²) in [6.45, 7) is 0. The Morgan fingerprint density at radius 1 is 1.25 bits per heavy atom. The Hall–Kier alpha value is -0.420. The molecule has 94 valence electrons. The summed E-state index contributed by atoms with van der Waals surface area (Å²) in [6.07, 6.45) is 3.71. The van der Waals surface area contributed by atoms with Gasteiger partial charge in [0.15, 0.2) is 0 Å². The Labute approximate surface area is 93.9 Å². The summed E-state index contributed by atoms with van der Waals surface area (Å²) in [6, 6.07) is 0. The fourth-order valence-electron chi connectivity index (χ4n) is 2.17. The topological polar surface area (TPSA) is 104 Å². The van der Waals surface area contributed by atoms with Gasteiger partial charge >= 0.3 is 13.8 Å². The normalized spacial score (nSPS) is 20.6. The average Bonchev–Trinajstić information content (AvgIpc) is 2.14. The van der Waals surface area contributed by atoms with Crippen molar-refractivity contribution in [1.82, 2.24) is 0 Å². The fourth-order valence-corrected chi connectivity index (χ4v) is 2.95. The second kappa shape index (κ2) is 5.27. The Kier molecular flexibility index (Phi) is 4.50. The molecule has 6 nitrogen and oxygen atoms in total. The van der Waals surface area contributed by atoms with Crippen LogP contribution < -0.4 is 0 Å². The minimum atomic E-state index is -4.55. The van der Waals surface area contributed by atoms with Crippen LogP contribution in [0.15, 0.2) is 0 Å². The minimum Gasteiger partial charge on any atom is -0.481 e. The molecule has 0 aromatic heterocycles. The third-order valence-corrected chi connectivity index (χ3v) is 3.50. The van der Waals surface area contributed by atoms with Gasteiger partial charge in [0, 0.05) is 6.42 Å². The van der Waals surface area contributed by atoms with Crippen LogP contribution in [-0.2, 0) is 13.9 Å². The third-order valence-electron chi connectivity index (χ3n) is 2.87. The highest BCUT2D eigenvalue weighted by atomic mass is 31.2. The molecule has 0 bridgehead atoms. The van der Waals surface area contributed by atoms with E-state index in [1.165, 1.54) is 0 Å². The van der Waals surface area contributed by atoms with Crippen molar-refractivity contribution in [1.29, 1.82) is 0 Å². The highest BCUT2D eigenvalue weighted by Crippen LogP contribution is 2.48. The van der Waals surface area contributed by atoms with E-state index in [0.717, 1.165) is 19.3 Å². The van der Waals surface area contributed by atoms with Crippen LogP contribution in [0.3, 0.4) is 0 Å². The van der Waals surface area contributed by atoms with E-state index in [-0.39, 0.29) is 12.8 Å². The molecule has 1 fully saturated rings. The predicted octanol–water partition coefficient (Wildman–Crippen LogP) is 1.66. The summed E-state index contributed by atoms with van der Waals surface area (Å²) in [7, 11) is -4.55. The lowest BCUT2D eigenvalue weighted by atomic mass is 9.82. The van der Waals surface area contributed by atoms with E-state index in [1.54, 1.807) is 0 Å². The molecule has 0 atom stereocenters. The quantitative estimate of drug-likeness (QED) is 0.643. The van der Waals surface area contributed by atoms with Gasteiger partial charge in [-0.2, -0.15) is 0 Å². The van der Waals surface area contributed by atoms with E-state index in [1.807, 2.05) is 0 Å². The third kappa shape index (κ3) is 4.61. The molecule has 0 spiro atoms. The van der Waals surface area contributed by atoms with Crippen molar-refractivity contribution >= 4 is 13.8 Å². The van der Waals surface area contributed by atoms with Crippen molar-refractivity contribution in [3.8, 4) is 0 Å². The summed E-state index contributed by atoms with van der Waals surface area (Å²) < 4.78 is 15.7. The lowest BCUT2D eigenvalue weighted by molar-refractivity contribution is -0.138. The number of rotatable bonds is 5. The van der Waals surface area contributed by atoms with Crippen LogP contribution in [0.25, 0.3) is 0 Å². The van der Waals surface area contributed by atoms with E-state index < -0.39 is 19.4 Å². The lowest BCUT2D eigenvalue weighted by Gasteiger charge is -2.36. The Balaban J connectivity index is 2.67. The maximum atomic E-state index is 10.9. The van der Waals surface area contributed by atoms with E-state index >= 15 is 0 Å². The highest BCUT2D eigenvalue weighted by Gasteiger charge is 2.39. The van der Waals surface area contributed by atoms with Crippen LogP contribution in [0.1, 0.15) is 44.9 Å². The average molecular weight is 252 g/mol. The molecule has 7 heteroatoms. The SMILES string of the molecule is O=C(O)CCC1(OP(=O)(O)O)CCCCC1. The molecule has 1 aliphatic carbocycles. The number of carbonyl (C=O) groups is 1. The van der Waals surface area contributed by atoms with E-state index in [0.29, 0.717) is 12.8 Å². The number of phosphoric acid groups is 1. The second-order valence-electron chi connectivity index (χ2n) is 4.22. The molecule has 0 amide bonds. The van der Waals surface area contributed by atoms with Gasteiger partial charge in [0.05, 0.1) is 5.60 Å². The Morgan fingerprint density at radius 2 is 1.81 bits per heavy atom. The largest absolute Gasteiger partial charge is 0.481 e. The zero-order chi connectivity index (χ0) is 12.2. The summed E-state index contributed by atoms with van der Waals surface area (Å²) >= 11 is 0. The van der Waals surface area contributed by atoms with Crippen molar-refractivity contribution < 1.29 is 28.8 Å². The number of hydrogen-bond donors (Lipinski definition) is 3. The predicted molar refractivity (Wildman–Crippen MR) is 55.8 cm³/mol. The van der Waals surface area contributed by atoms with Crippen LogP contribution in [0.5, 0.6) is 0 Å². The minimum absolute atomic E-state index is 0.125. The van der Waals surface area contributed by atoms with Gasteiger partial charge in [-0.05, 0) is 19.3 Å². The first-order valence-corrected chi connectivity index (χ1v) is 6.84. The molecule has 1 saturated carbocycles. The molecule has 0 saturated heterocycles. The van der Waals surface area contributed by atoms with Gasteiger partial charge < -0.3 is 14.9 Å². The maximum Gasteiger partial charge on any atom is 0.470 e. The van der Waals surface area contributed by atoms with Gasteiger partial charge in [-0.15, -0.1) is 0 Å². The van der Waals surface area contributed by atoms with Crippen molar-refractivity contribution in [3.05, 3.63) is 0 Å². The molecular formula is C9H17O6P. The Bertz CT molecular complexity index is 290. The van der Waals surface area contributed by atoms with Gasteiger partial charge in [0.2, 0.25) is 0 Å². The molecule has 16 heavy (non-hydrogen) atoms. The van der Waals surface area contributed by atoms with Gasteiger partial charge in [-0.3, -0.25) is 9.32 Å². The van der Waals surface area contributed by atoms with E-state index in [4.69, 9.17) is 19.4 Å². The van der Waals surface area contributed by atoms with Crippen molar-refractivity contribution in [2.24, 2.45) is 0 Å². The number of aliphatic carboxylic acids is 1. The van der Waals surface area contributed by atoms with Crippen LogP contribution in [0, 0.1) is 0 Å². The van der Waals surface area contributed by atoms with Crippen LogP contribution >= 0.6 is 7.82 Å². The number of carboxylic acid groups (broad SMARTS) is 1. The lowest BCUT2D eigenvalue weighted by Crippen LogP contribution is -2.34. The molecule has 1 aliphatic rings. The van der Waals surface area contributed by atoms with E-state index in [2.05, 4.69) is 0 Å². The number of carboxylic acids is 1. The molecule has 0 aliphatic heterocycles. The monoisotopic (exact) mass is 252 g/mol. The van der Waals surface area contributed by atoms with Crippen molar-refractivity contribution in [2.45, 2.75) is 50.5 Å². The summed E-state index contributed by atoms with van der Waals surface area (Å²) in [5.41, 5.74) is -0.949. The molecule has 0 unspecified atom stereocenters.